The summed E-state index contributed by atoms with van der Waals surface area (Å²) >= 11 is 1.55. The van der Waals surface area contributed by atoms with Gasteiger partial charge in [-0.2, -0.15) is 0 Å². The highest BCUT2D eigenvalue weighted by atomic mass is 32.2. The monoisotopic (exact) mass is 261 g/mol. The van der Waals surface area contributed by atoms with Crippen molar-refractivity contribution in [3.05, 3.63) is 59.7 Å². The van der Waals surface area contributed by atoms with E-state index in [1.165, 1.54) is 12.3 Å². The smallest absolute Gasteiger partial charge is 0.159 e. The second kappa shape index (κ2) is 5.78. The molecule has 0 spiro atoms. The normalized spacial score (nSPS) is 10.3. The van der Waals surface area contributed by atoms with Crippen LogP contribution in [-0.4, -0.2) is 10.8 Å². The van der Waals surface area contributed by atoms with Crippen LogP contribution >= 0.6 is 11.8 Å². The Labute approximate surface area is 109 Å². The van der Waals surface area contributed by atoms with Gasteiger partial charge in [0.15, 0.2) is 5.78 Å². The first-order valence-corrected chi connectivity index (χ1v) is 6.47. The molecule has 2 aromatic rings. The van der Waals surface area contributed by atoms with Crippen molar-refractivity contribution in [2.45, 2.75) is 17.6 Å². The maximum Gasteiger partial charge on any atom is 0.159 e. The number of halogens is 1. The van der Waals surface area contributed by atoms with E-state index in [2.05, 4.69) is 4.98 Å². The van der Waals surface area contributed by atoms with Gasteiger partial charge in [-0.15, -0.1) is 11.8 Å². The lowest BCUT2D eigenvalue weighted by Gasteiger charge is -2.03. The SMILES string of the molecule is CC(=O)c1cccc(SCc2cncc(F)c2)c1. The number of carbonyl (C=O) groups is 1. The molecule has 18 heavy (non-hydrogen) atoms. The molecular weight excluding hydrogens is 249 g/mol. The van der Waals surface area contributed by atoms with Crippen molar-refractivity contribution < 1.29 is 9.18 Å². The second-order valence-corrected chi connectivity index (χ2v) is 4.93. The van der Waals surface area contributed by atoms with Gasteiger partial charge in [0.25, 0.3) is 0 Å². The van der Waals surface area contributed by atoms with E-state index in [0.29, 0.717) is 11.3 Å². The lowest BCUT2D eigenvalue weighted by Crippen LogP contribution is -1.91. The molecule has 0 N–H and O–H groups in total. The van der Waals surface area contributed by atoms with Gasteiger partial charge in [0, 0.05) is 22.4 Å². The Morgan fingerprint density at radius 1 is 1.33 bits per heavy atom. The number of nitrogens with zero attached hydrogens (tertiary/aromatic N) is 1. The van der Waals surface area contributed by atoms with Crippen LogP contribution < -0.4 is 0 Å². The van der Waals surface area contributed by atoms with E-state index in [1.807, 2.05) is 18.2 Å². The Morgan fingerprint density at radius 3 is 2.89 bits per heavy atom. The van der Waals surface area contributed by atoms with Crippen LogP contribution in [0.5, 0.6) is 0 Å². The molecular formula is C14H12FNOS. The van der Waals surface area contributed by atoms with Crippen molar-refractivity contribution in [3.8, 4) is 0 Å². The molecule has 92 valence electrons. The first kappa shape index (κ1) is 12.8. The predicted molar refractivity (Wildman–Crippen MR) is 70.2 cm³/mol. The number of hydrogen-bond donors (Lipinski definition) is 0. The minimum absolute atomic E-state index is 0.0462. The Morgan fingerprint density at radius 2 is 2.17 bits per heavy atom. The largest absolute Gasteiger partial charge is 0.295 e. The summed E-state index contributed by atoms with van der Waals surface area (Å²) in [5.41, 5.74) is 1.52. The third-order valence-electron chi connectivity index (χ3n) is 2.41. The number of hydrogen-bond acceptors (Lipinski definition) is 3. The van der Waals surface area contributed by atoms with Gasteiger partial charge in [0.05, 0.1) is 6.20 Å². The van der Waals surface area contributed by atoms with Crippen LogP contribution in [-0.2, 0) is 5.75 Å². The lowest BCUT2D eigenvalue weighted by molar-refractivity contribution is 0.101. The topological polar surface area (TPSA) is 30.0 Å². The zero-order valence-electron chi connectivity index (χ0n) is 9.89. The molecule has 0 unspecified atom stereocenters. The molecule has 1 heterocycles. The minimum Gasteiger partial charge on any atom is -0.295 e. The minimum atomic E-state index is -0.328. The molecule has 0 fully saturated rings. The quantitative estimate of drug-likeness (QED) is 0.620. The number of aromatic nitrogens is 1. The van der Waals surface area contributed by atoms with Gasteiger partial charge < -0.3 is 0 Å². The Bertz CT molecular complexity index is 571. The average Bonchev–Trinajstić information content (AvgIpc) is 2.37. The summed E-state index contributed by atoms with van der Waals surface area (Å²) in [4.78, 5) is 16.0. The summed E-state index contributed by atoms with van der Waals surface area (Å²) in [6.07, 6.45) is 2.83. The molecule has 0 atom stereocenters. The number of rotatable bonds is 4. The van der Waals surface area contributed by atoms with Crippen LogP contribution in [0.1, 0.15) is 22.8 Å². The third-order valence-corrected chi connectivity index (χ3v) is 3.47. The van der Waals surface area contributed by atoms with Crippen molar-refractivity contribution in [2.75, 3.05) is 0 Å². The van der Waals surface area contributed by atoms with Crippen LogP contribution in [0, 0.1) is 5.82 Å². The summed E-state index contributed by atoms with van der Waals surface area (Å²) in [5.74, 6) is 0.349. The summed E-state index contributed by atoms with van der Waals surface area (Å²) in [6.45, 7) is 1.54. The first-order chi connectivity index (χ1) is 8.65. The zero-order chi connectivity index (χ0) is 13.0. The number of benzene rings is 1. The molecule has 0 aliphatic rings. The van der Waals surface area contributed by atoms with Gasteiger partial charge in [-0.05, 0) is 30.7 Å². The second-order valence-electron chi connectivity index (χ2n) is 3.88. The Kier molecular flexibility index (Phi) is 4.10. The van der Waals surface area contributed by atoms with E-state index in [9.17, 15) is 9.18 Å². The van der Waals surface area contributed by atoms with Crippen molar-refractivity contribution in [1.82, 2.24) is 4.98 Å². The first-order valence-electron chi connectivity index (χ1n) is 5.48. The highest BCUT2D eigenvalue weighted by molar-refractivity contribution is 7.98. The fourth-order valence-electron chi connectivity index (χ4n) is 1.51. The van der Waals surface area contributed by atoms with Crippen LogP contribution in [0.3, 0.4) is 0 Å². The summed E-state index contributed by atoms with van der Waals surface area (Å²) < 4.78 is 12.9. The van der Waals surface area contributed by atoms with Crippen LogP contribution in [0.25, 0.3) is 0 Å². The van der Waals surface area contributed by atoms with Crippen molar-refractivity contribution in [3.63, 3.8) is 0 Å². The molecule has 2 rings (SSSR count). The van der Waals surface area contributed by atoms with Crippen LogP contribution in [0.15, 0.2) is 47.6 Å². The number of thioether (sulfide) groups is 1. The van der Waals surface area contributed by atoms with Crippen LogP contribution in [0.4, 0.5) is 4.39 Å². The van der Waals surface area contributed by atoms with Gasteiger partial charge in [-0.3, -0.25) is 9.78 Å². The number of Topliss-reactive ketones (excluding diaryl/α,β-unsaturated/α-hetero) is 1. The fraction of sp³-hybridized carbons (Fsp3) is 0.143. The van der Waals surface area contributed by atoms with Crippen LogP contribution in [0.2, 0.25) is 0 Å². The number of carbonyl (C=O) groups excluding carboxylic acids is 1. The van der Waals surface area contributed by atoms with Crippen molar-refractivity contribution in [1.29, 1.82) is 0 Å². The van der Waals surface area contributed by atoms with E-state index in [0.717, 1.165) is 10.5 Å². The highest BCUT2D eigenvalue weighted by Gasteiger charge is 2.02. The molecule has 0 radical (unpaired) electrons. The molecule has 2 nitrogen and oxygen atoms in total. The summed E-state index contributed by atoms with van der Waals surface area (Å²) in [5, 5.41) is 0. The third kappa shape index (κ3) is 3.40. The fourth-order valence-corrected chi connectivity index (χ4v) is 2.38. The standard InChI is InChI=1S/C14H12FNOS/c1-10(17)12-3-2-4-14(6-12)18-9-11-5-13(15)8-16-7-11/h2-8H,9H2,1H3. The van der Waals surface area contributed by atoms with E-state index in [1.54, 1.807) is 30.9 Å². The van der Waals surface area contributed by atoms with Gasteiger partial charge >= 0.3 is 0 Å². The molecule has 0 bridgehead atoms. The number of pyridine rings is 1. The molecule has 0 aliphatic carbocycles. The van der Waals surface area contributed by atoms with Gasteiger partial charge in [0.2, 0.25) is 0 Å². The number of ketones is 1. The lowest BCUT2D eigenvalue weighted by atomic mass is 10.2. The van der Waals surface area contributed by atoms with Crippen molar-refractivity contribution in [2.24, 2.45) is 0 Å². The van der Waals surface area contributed by atoms with E-state index in [4.69, 9.17) is 0 Å². The summed E-state index contributed by atoms with van der Waals surface area (Å²) in [7, 11) is 0. The maximum atomic E-state index is 12.9. The van der Waals surface area contributed by atoms with Gasteiger partial charge in [0.1, 0.15) is 5.82 Å². The Balaban J connectivity index is 2.06. The molecule has 1 aromatic heterocycles. The van der Waals surface area contributed by atoms with E-state index >= 15 is 0 Å². The molecule has 0 saturated carbocycles. The van der Waals surface area contributed by atoms with Crippen molar-refractivity contribution >= 4 is 17.5 Å². The predicted octanol–water partition coefficient (Wildman–Crippen LogP) is 3.72. The molecule has 4 heteroatoms. The van der Waals surface area contributed by atoms with E-state index in [-0.39, 0.29) is 11.6 Å². The zero-order valence-corrected chi connectivity index (χ0v) is 10.7. The highest BCUT2D eigenvalue weighted by Crippen LogP contribution is 2.23. The summed E-state index contributed by atoms with van der Waals surface area (Å²) in [6, 6.07) is 8.89. The average molecular weight is 261 g/mol. The van der Waals surface area contributed by atoms with Gasteiger partial charge in [-0.25, -0.2) is 4.39 Å². The molecule has 0 amide bonds. The molecule has 0 aliphatic heterocycles. The van der Waals surface area contributed by atoms with E-state index < -0.39 is 0 Å². The Hall–Kier alpha value is -1.68. The molecule has 0 saturated heterocycles. The van der Waals surface area contributed by atoms with Gasteiger partial charge in [-0.1, -0.05) is 12.1 Å². The molecule has 1 aromatic carbocycles. The maximum absolute atomic E-state index is 12.9.